The third kappa shape index (κ3) is 6.01. The van der Waals surface area contributed by atoms with Crippen molar-refractivity contribution in [2.75, 3.05) is 29.4 Å². The molecule has 4 N–H and O–H groups in total. The normalized spacial score (nSPS) is 12.0. The summed E-state index contributed by atoms with van der Waals surface area (Å²) >= 11 is 1.18. The average Bonchev–Trinajstić information content (AvgIpc) is 3.17. The minimum absolute atomic E-state index is 0.146. The summed E-state index contributed by atoms with van der Waals surface area (Å²) in [5.41, 5.74) is 5.55. The fourth-order valence-electron chi connectivity index (χ4n) is 2.84. The molecule has 0 bridgehead atoms. The molecule has 0 aliphatic carbocycles. The van der Waals surface area contributed by atoms with Crippen LogP contribution < -0.4 is 21.3 Å². The molecule has 0 fully saturated rings. The summed E-state index contributed by atoms with van der Waals surface area (Å²) in [6, 6.07) is 15.4. The average molecular weight is 454 g/mol. The van der Waals surface area contributed by atoms with Crippen molar-refractivity contribution in [1.29, 1.82) is 0 Å². The summed E-state index contributed by atoms with van der Waals surface area (Å²) in [7, 11) is 1.60. The Labute approximate surface area is 191 Å². The fourth-order valence-corrected chi connectivity index (χ4v) is 3.50. The first-order chi connectivity index (χ1) is 15.5. The Morgan fingerprint density at radius 2 is 2.00 bits per heavy atom. The van der Waals surface area contributed by atoms with E-state index in [1.165, 1.54) is 22.0 Å². The summed E-state index contributed by atoms with van der Waals surface area (Å²) in [6.45, 7) is 4.33. The van der Waals surface area contributed by atoms with Gasteiger partial charge >= 0.3 is 0 Å². The van der Waals surface area contributed by atoms with Gasteiger partial charge in [0.25, 0.3) is 5.95 Å². The van der Waals surface area contributed by atoms with Crippen molar-refractivity contribution in [3.05, 3.63) is 59.7 Å². The second kappa shape index (κ2) is 11.2. The molecule has 1 atom stereocenters. The van der Waals surface area contributed by atoms with Gasteiger partial charge in [0.15, 0.2) is 0 Å². The zero-order chi connectivity index (χ0) is 22.9. The van der Waals surface area contributed by atoms with Gasteiger partial charge in [-0.3, -0.25) is 4.79 Å². The number of amides is 1. The maximum Gasteiger partial charge on any atom is 0.264 e. The number of nitrogens with two attached hydrogens (primary N) is 1. The number of nitrogens with one attached hydrogen (secondary N) is 2. The van der Waals surface area contributed by atoms with E-state index in [-0.39, 0.29) is 17.6 Å². The number of methoxy groups -OCH3 is 1. The molecule has 3 aromatic rings. The molecule has 32 heavy (non-hydrogen) atoms. The number of nitrogens with zero attached hydrogens (tertiary/aromatic N) is 4. The van der Waals surface area contributed by atoms with Crippen molar-refractivity contribution in [2.24, 2.45) is 5.10 Å². The maximum atomic E-state index is 12.3. The van der Waals surface area contributed by atoms with Gasteiger partial charge in [-0.05, 0) is 42.2 Å². The summed E-state index contributed by atoms with van der Waals surface area (Å²) in [6.07, 6.45) is 2.67. The zero-order valence-corrected chi connectivity index (χ0v) is 19.1. The highest BCUT2D eigenvalue weighted by molar-refractivity contribution is 7.99. The van der Waals surface area contributed by atoms with Gasteiger partial charge in [0.05, 0.1) is 19.1 Å². The molecule has 2 aromatic carbocycles. The van der Waals surface area contributed by atoms with Gasteiger partial charge in [-0.2, -0.15) is 5.10 Å². The van der Waals surface area contributed by atoms with Gasteiger partial charge in [0, 0.05) is 11.3 Å². The van der Waals surface area contributed by atoms with Crippen LogP contribution >= 0.6 is 11.8 Å². The number of carbonyl (C=O) groups is 1. The van der Waals surface area contributed by atoms with Crippen LogP contribution in [0.5, 0.6) is 5.75 Å². The van der Waals surface area contributed by atoms with E-state index in [1.807, 2.05) is 48.5 Å². The first-order valence-electron chi connectivity index (χ1n) is 10.2. The number of para-hydroxylation sites is 1. The second-order valence-corrected chi connectivity index (χ2v) is 8.00. The summed E-state index contributed by atoms with van der Waals surface area (Å²) in [5, 5.41) is 15.4. The predicted molar refractivity (Wildman–Crippen MR) is 129 cm³/mol. The molecule has 1 heterocycles. The van der Waals surface area contributed by atoms with Crippen LogP contribution in [-0.4, -0.2) is 39.9 Å². The van der Waals surface area contributed by atoms with Crippen LogP contribution in [0.4, 0.5) is 11.6 Å². The summed E-state index contributed by atoms with van der Waals surface area (Å²) < 4.78 is 6.52. The Kier molecular flexibility index (Phi) is 8.09. The van der Waals surface area contributed by atoms with Gasteiger partial charge in [-0.1, -0.05) is 49.9 Å². The van der Waals surface area contributed by atoms with Crippen molar-refractivity contribution in [2.45, 2.75) is 31.3 Å². The number of hydrazone groups is 1. The van der Waals surface area contributed by atoms with Crippen molar-refractivity contribution >= 4 is 35.5 Å². The van der Waals surface area contributed by atoms with Crippen molar-refractivity contribution in [3.63, 3.8) is 0 Å². The Balaban J connectivity index is 1.52. The van der Waals surface area contributed by atoms with E-state index >= 15 is 0 Å². The lowest BCUT2D eigenvalue weighted by Gasteiger charge is -2.10. The first kappa shape index (κ1) is 23.1. The number of benzene rings is 2. The van der Waals surface area contributed by atoms with E-state index in [0.29, 0.717) is 16.8 Å². The maximum absolute atomic E-state index is 12.3. The summed E-state index contributed by atoms with van der Waals surface area (Å²) in [5.74, 6) is 7.45. The highest BCUT2D eigenvalue weighted by Crippen LogP contribution is 2.21. The molecular weight excluding hydrogens is 426 g/mol. The Hall–Kier alpha value is -3.53. The fraction of sp³-hybridized carbons (Fsp3) is 0.273. The zero-order valence-electron chi connectivity index (χ0n) is 18.3. The van der Waals surface area contributed by atoms with Gasteiger partial charge in [0.2, 0.25) is 11.1 Å². The van der Waals surface area contributed by atoms with Gasteiger partial charge in [0.1, 0.15) is 5.75 Å². The van der Waals surface area contributed by atoms with Crippen molar-refractivity contribution in [3.8, 4) is 5.75 Å². The number of hydrogen-bond donors (Lipinski definition) is 3. The quantitative estimate of drug-likeness (QED) is 0.185. The lowest BCUT2D eigenvalue weighted by molar-refractivity contribution is -0.113. The highest BCUT2D eigenvalue weighted by Gasteiger charge is 2.12. The van der Waals surface area contributed by atoms with Crippen molar-refractivity contribution < 1.29 is 9.53 Å². The predicted octanol–water partition coefficient (Wildman–Crippen LogP) is 3.69. The van der Waals surface area contributed by atoms with Crippen LogP contribution in [-0.2, 0) is 4.79 Å². The largest absolute Gasteiger partial charge is 0.496 e. The van der Waals surface area contributed by atoms with E-state index in [2.05, 4.69) is 39.9 Å². The molecule has 1 unspecified atom stereocenters. The number of rotatable bonds is 10. The monoisotopic (exact) mass is 453 g/mol. The molecule has 0 aliphatic rings. The van der Waals surface area contributed by atoms with Crippen LogP contribution in [0.15, 0.2) is 58.8 Å². The first-order valence-corrected chi connectivity index (χ1v) is 11.2. The number of hydrogen-bond acceptors (Lipinski definition) is 8. The number of aromatic nitrogens is 3. The number of anilines is 2. The number of thioether (sulfide) groups is 1. The van der Waals surface area contributed by atoms with Crippen LogP contribution in [0.2, 0.25) is 0 Å². The van der Waals surface area contributed by atoms with Gasteiger partial charge < -0.3 is 15.9 Å². The highest BCUT2D eigenvalue weighted by atomic mass is 32.2. The van der Waals surface area contributed by atoms with Crippen LogP contribution in [0, 0.1) is 0 Å². The Bertz CT molecular complexity index is 1070. The van der Waals surface area contributed by atoms with Gasteiger partial charge in [-0.15, -0.1) is 10.2 Å². The van der Waals surface area contributed by atoms with E-state index in [1.54, 1.807) is 13.3 Å². The smallest absolute Gasteiger partial charge is 0.264 e. The molecule has 168 valence electrons. The van der Waals surface area contributed by atoms with Crippen LogP contribution in [0.25, 0.3) is 0 Å². The summed E-state index contributed by atoms with van der Waals surface area (Å²) in [4.78, 5) is 12.3. The van der Waals surface area contributed by atoms with E-state index < -0.39 is 0 Å². The molecule has 9 nitrogen and oxygen atoms in total. The van der Waals surface area contributed by atoms with Crippen LogP contribution in [0.3, 0.4) is 0 Å². The standard InChI is InChI=1S/C22H27N7O2S/c1-4-15(2)16-9-11-18(12-10-16)25-20(30)14-32-22-28-27-21(29(22)23)26-24-13-17-7-5-6-8-19(17)31-3/h5-13,15H,4,14,23H2,1-3H3,(H,25,30)(H,26,27)/b24-13+. The second-order valence-electron chi connectivity index (χ2n) is 7.06. The Morgan fingerprint density at radius 1 is 1.25 bits per heavy atom. The third-order valence-corrected chi connectivity index (χ3v) is 5.82. The molecule has 0 radical (unpaired) electrons. The minimum atomic E-state index is -0.155. The van der Waals surface area contributed by atoms with E-state index in [4.69, 9.17) is 10.6 Å². The topological polar surface area (TPSA) is 119 Å². The molecule has 0 aliphatic heterocycles. The van der Waals surface area contributed by atoms with Crippen LogP contribution in [0.1, 0.15) is 37.3 Å². The molecule has 1 aromatic heterocycles. The molecule has 0 saturated heterocycles. The molecular formula is C22H27N7O2S. The number of ether oxygens (including phenoxy) is 1. The SMILES string of the molecule is CCC(C)c1ccc(NC(=O)CSc2nnc(N/N=C/c3ccccc3OC)n2N)cc1. The lowest BCUT2D eigenvalue weighted by atomic mass is 9.99. The van der Waals surface area contributed by atoms with E-state index in [9.17, 15) is 4.79 Å². The third-order valence-electron chi connectivity index (χ3n) is 4.88. The number of nitrogen functional groups attached to an aromatic ring is 1. The Morgan fingerprint density at radius 3 is 2.72 bits per heavy atom. The van der Waals surface area contributed by atoms with Crippen molar-refractivity contribution in [1.82, 2.24) is 14.9 Å². The molecule has 0 saturated carbocycles. The minimum Gasteiger partial charge on any atom is -0.496 e. The molecule has 10 heteroatoms. The van der Waals surface area contributed by atoms with E-state index in [0.717, 1.165) is 17.7 Å². The van der Waals surface area contributed by atoms with Gasteiger partial charge in [-0.25, -0.2) is 10.1 Å². The molecule has 1 amide bonds. The number of carbonyl (C=O) groups excluding carboxylic acids is 1. The lowest BCUT2D eigenvalue weighted by Crippen LogP contribution is -2.17. The molecule has 0 spiro atoms. The molecule has 3 rings (SSSR count).